The molecule has 29 heavy (non-hydrogen) atoms. The van der Waals surface area contributed by atoms with Gasteiger partial charge in [0.2, 0.25) is 6.35 Å². The zero-order valence-corrected chi connectivity index (χ0v) is 15.3. The van der Waals surface area contributed by atoms with Crippen LogP contribution in [0.4, 0.5) is 5.69 Å². The predicted molar refractivity (Wildman–Crippen MR) is 103 cm³/mol. The standard InChI is InChI=1S/C18H21N5O6/c19-17-11(7-21-5-4-10-2-1-3-12(16(10)21)23(27)28)8-22(18(26)20-17)15-6-13(25)14(9-24)29-15/h1-5,8,13-15,18,24-26H,6-7,9H2,(H2,19,20)/t13?,14-,15-,18?/m1/s1. The summed E-state index contributed by atoms with van der Waals surface area (Å²) in [5.41, 5.74) is 6.94. The van der Waals surface area contributed by atoms with Crippen LogP contribution in [0.3, 0.4) is 0 Å². The van der Waals surface area contributed by atoms with E-state index in [0.717, 1.165) is 5.39 Å². The van der Waals surface area contributed by atoms with Gasteiger partial charge in [-0.2, -0.15) is 0 Å². The van der Waals surface area contributed by atoms with Crippen LogP contribution in [0.5, 0.6) is 0 Å². The third-order valence-corrected chi connectivity index (χ3v) is 5.18. The van der Waals surface area contributed by atoms with E-state index in [1.165, 1.54) is 11.0 Å². The van der Waals surface area contributed by atoms with E-state index in [2.05, 4.69) is 4.99 Å². The number of nitrogens with zero attached hydrogens (tertiary/aromatic N) is 4. The van der Waals surface area contributed by atoms with Crippen molar-refractivity contribution in [2.24, 2.45) is 10.7 Å². The fraction of sp³-hybridized carbons (Fsp3) is 0.389. The molecule has 1 fully saturated rings. The summed E-state index contributed by atoms with van der Waals surface area (Å²) >= 11 is 0. The van der Waals surface area contributed by atoms with E-state index >= 15 is 0 Å². The molecule has 2 aliphatic heterocycles. The Morgan fingerprint density at radius 2 is 2.14 bits per heavy atom. The Bertz CT molecular complexity index is 1000. The first-order chi connectivity index (χ1) is 13.9. The van der Waals surface area contributed by atoms with Crippen molar-refractivity contribution in [3.05, 3.63) is 52.3 Å². The Balaban J connectivity index is 1.65. The molecule has 0 amide bonds. The summed E-state index contributed by atoms with van der Waals surface area (Å²) in [6.07, 6.45) is -0.135. The molecule has 2 aliphatic rings. The summed E-state index contributed by atoms with van der Waals surface area (Å²) in [5.74, 6) is 0.103. The maximum absolute atomic E-state index is 11.4. The Morgan fingerprint density at radius 1 is 1.34 bits per heavy atom. The van der Waals surface area contributed by atoms with Gasteiger partial charge in [-0.15, -0.1) is 0 Å². The molecule has 154 valence electrons. The highest BCUT2D eigenvalue weighted by Crippen LogP contribution is 2.30. The zero-order valence-electron chi connectivity index (χ0n) is 15.3. The van der Waals surface area contributed by atoms with Crippen LogP contribution in [-0.2, 0) is 11.3 Å². The third-order valence-electron chi connectivity index (χ3n) is 5.18. The van der Waals surface area contributed by atoms with Gasteiger partial charge in [0.25, 0.3) is 5.69 Å². The van der Waals surface area contributed by atoms with Gasteiger partial charge in [-0.25, -0.2) is 4.99 Å². The topological polar surface area (TPSA) is 160 Å². The van der Waals surface area contributed by atoms with E-state index in [0.29, 0.717) is 11.1 Å². The van der Waals surface area contributed by atoms with Crippen LogP contribution < -0.4 is 5.73 Å². The zero-order chi connectivity index (χ0) is 20.7. The number of rotatable bonds is 5. The van der Waals surface area contributed by atoms with E-state index in [-0.39, 0.29) is 31.1 Å². The number of aromatic nitrogens is 1. The van der Waals surface area contributed by atoms with Gasteiger partial charge in [-0.05, 0) is 6.07 Å². The van der Waals surface area contributed by atoms with E-state index in [4.69, 9.17) is 10.5 Å². The van der Waals surface area contributed by atoms with Crippen LogP contribution in [0.25, 0.3) is 10.9 Å². The number of nitro groups is 1. The van der Waals surface area contributed by atoms with Crippen LogP contribution in [0, 0.1) is 10.1 Å². The molecule has 1 aromatic carbocycles. The van der Waals surface area contributed by atoms with Crippen LogP contribution in [-0.4, -0.2) is 66.9 Å². The second-order valence-electron chi connectivity index (χ2n) is 6.99. The van der Waals surface area contributed by atoms with Crippen molar-refractivity contribution in [1.29, 1.82) is 0 Å². The molecular weight excluding hydrogens is 382 g/mol. The summed E-state index contributed by atoms with van der Waals surface area (Å²) < 4.78 is 7.28. The number of aliphatic imine (C=N–C) groups is 1. The molecule has 5 N–H and O–H groups in total. The number of aliphatic hydroxyl groups is 3. The molecule has 4 atom stereocenters. The minimum Gasteiger partial charge on any atom is -0.394 e. The Kier molecular flexibility index (Phi) is 4.96. The molecule has 1 aromatic heterocycles. The molecule has 2 aromatic rings. The molecule has 11 nitrogen and oxygen atoms in total. The SMILES string of the molecule is NC1=NC(O)N([C@H]2CC(O)[C@@H](CO)O2)C=C1Cn1ccc2cccc([N+](=O)[O-])c21. The lowest BCUT2D eigenvalue weighted by Gasteiger charge is -2.33. The van der Waals surface area contributed by atoms with Crippen LogP contribution in [0.1, 0.15) is 6.42 Å². The van der Waals surface area contributed by atoms with Gasteiger partial charge >= 0.3 is 0 Å². The second kappa shape index (κ2) is 7.44. The van der Waals surface area contributed by atoms with Gasteiger partial charge in [-0.3, -0.25) is 10.1 Å². The molecule has 0 aliphatic carbocycles. The Hall–Kier alpha value is -2.99. The van der Waals surface area contributed by atoms with Crippen molar-refractivity contribution >= 4 is 22.4 Å². The molecule has 0 bridgehead atoms. The highest BCUT2D eigenvalue weighted by Gasteiger charge is 2.39. The van der Waals surface area contributed by atoms with Gasteiger partial charge in [0.05, 0.1) is 24.2 Å². The number of hydrogen-bond acceptors (Lipinski definition) is 9. The molecule has 11 heteroatoms. The minimum atomic E-state index is -1.30. The normalized spacial score (nSPS) is 27.2. The smallest absolute Gasteiger partial charge is 0.293 e. The number of nitro benzene ring substituents is 1. The number of amidine groups is 1. The van der Waals surface area contributed by atoms with Crippen LogP contribution in [0.2, 0.25) is 0 Å². The summed E-state index contributed by atoms with van der Waals surface area (Å²) in [7, 11) is 0. The minimum absolute atomic E-state index is 0.0238. The van der Waals surface area contributed by atoms with Gasteiger partial charge in [0.1, 0.15) is 23.7 Å². The largest absolute Gasteiger partial charge is 0.394 e. The maximum atomic E-state index is 11.4. The van der Waals surface area contributed by atoms with Gasteiger partial charge in [0.15, 0.2) is 0 Å². The van der Waals surface area contributed by atoms with Gasteiger partial charge < -0.3 is 35.3 Å². The lowest BCUT2D eigenvalue weighted by Crippen LogP contribution is -2.43. The first-order valence-electron chi connectivity index (χ1n) is 9.05. The van der Waals surface area contributed by atoms with Crippen molar-refractivity contribution in [2.45, 2.75) is 37.8 Å². The Labute approximate surface area is 165 Å². The average molecular weight is 403 g/mol. The fourth-order valence-corrected chi connectivity index (χ4v) is 3.71. The third kappa shape index (κ3) is 3.44. The lowest BCUT2D eigenvalue weighted by molar-refractivity contribution is -0.383. The highest BCUT2D eigenvalue weighted by molar-refractivity contribution is 5.98. The number of aliphatic hydroxyl groups excluding tert-OH is 3. The quantitative estimate of drug-likeness (QED) is 0.396. The number of para-hydroxylation sites is 1. The number of hydrogen-bond donors (Lipinski definition) is 4. The van der Waals surface area contributed by atoms with E-state index in [9.17, 15) is 25.4 Å². The maximum Gasteiger partial charge on any atom is 0.293 e. The molecule has 0 spiro atoms. The second-order valence-corrected chi connectivity index (χ2v) is 6.99. The predicted octanol–water partition coefficient (Wildman–Crippen LogP) is -0.150. The molecule has 1 saturated heterocycles. The van der Waals surface area contributed by atoms with Crippen molar-refractivity contribution in [3.63, 3.8) is 0 Å². The van der Waals surface area contributed by atoms with Crippen molar-refractivity contribution in [1.82, 2.24) is 9.47 Å². The molecule has 4 rings (SSSR count). The summed E-state index contributed by atoms with van der Waals surface area (Å²) in [5, 5.41) is 41.6. The molecule has 3 heterocycles. The van der Waals surface area contributed by atoms with E-state index in [1.54, 1.807) is 35.2 Å². The van der Waals surface area contributed by atoms with Crippen molar-refractivity contribution < 1.29 is 25.0 Å². The van der Waals surface area contributed by atoms with Crippen LogP contribution >= 0.6 is 0 Å². The number of ether oxygens (including phenoxy) is 1. The molecule has 0 radical (unpaired) electrons. The number of non-ortho nitro benzene ring substituents is 1. The number of nitrogens with two attached hydrogens (primary N) is 1. The fourth-order valence-electron chi connectivity index (χ4n) is 3.71. The van der Waals surface area contributed by atoms with Crippen molar-refractivity contribution in [2.75, 3.05) is 6.61 Å². The average Bonchev–Trinajstić information content (AvgIpc) is 3.26. The molecule has 2 unspecified atom stereocenters. The summed E-state index contributed by atoms with van der Waals surface area (Å²) in [6, 6.07) is 6.61. The van der Waals surface area contributed by atoms with E-state index in [1.807, 2.05) is 0 Å². The van der Waals surface area contributed by atoms with E-state index < -0.39 is 29.7 Å². The van der Waals surface area contributed by atoms with Crippen LogP contribution in [0.15, 0.2) is 47.2 Å². The Morgan fingerprint density at radius 3 is 2.83 bits per heavy atom. The first kappa shape index (κ1) is 19.3. The summed E-state index contributed by atoms with van der Waals surface area (Å²) in [6.45, 7) is -0.159. The number of fused-ring (bicyclic) bond motifs is 1. The summed E-state index contributed by atoms with van der Waals surface area (Å²) in [4.78, 5) is 16.4. The highest BCUT2D eigenvalue weighted by atomic mass is 16.6. The monoisotopic (exact) mass is 403 g/mol. The van der Waals surface area contributed by atoms with Gasteiger partial charge in [0, 0.05) is 35.8 Å². The number of benzene rings is 1. The lowest BCUT2D eigenvalue weighted by atomic mass is 10.1. The molecular formula is C18H21N5O6. The van der Waals surface area contributed by atoms with Gasteiger partial charge in [-0.1, -0.05) is 12.1 Å². The first-order valence-corrected chi connectivity index (χ1v) is 9.05. The van der Waals surface area contributed by atoms with Crippen molar-refractivity contribution in [3.8, 4) is 0 Å². The molecule has 0 saturated carbocycles.